The minimum atomic E-state index is -4.42. The van der Waals surface area contributed by atoms with Crippen molar-refractivity contribution in [3.63, 3.8) is 0 Å². The zero-order valence-corrected chi connectivity index (χ0v) is 21.6. The maximum Gasteiger partial charge on any atom is 0.416 e. The van der Waals surface area contributed by atoms with Crippen molar-refractivity contribution in [2.45, 2.75) is 45.3 Å². The summed E-state index contributed by atoms with van der Waals surface area (Å²) in [5.74, 6) is 0.105. The van der Waals surface area contributed by atoms with E-state index < -0.39 is 23.6 Å². The Hall–Kier alpha value is -4.48. The van der Waals surface area contributed by atoms with Crippen LogP contribution in [0.1, 0.15) is 59.8 Å². The van der Waals surface area contributed by atoms with Crippen LogP contribution in [0.15, 0.2) is 48.9 Å². The highest BCUT2D eigenvalue weighted by Crippen LogP contribution is 2.40. The molecule has 0 amide bonds. The quantitative estimate of drug-likeness (QED) is 0.362. The number of alkyl halides is 3. The SMILES string of the molecule is CC(=O)O.COc1nc(/C=C/c2nc3n(n2)CCC[C@H]3c2ccccc2C(F)(F)F)ccc1-n1cnc(C)c1. The Kier molecular flexibility index (Phi) is 8.12. The summed E-state index contributed by atoms with van der Waals surface area (Å²) in [6.07, 6.45) is 3.92. The van der Waals surface area contributed by atoms with Gasteiger partial charge in [0.2, 0.25) is 5.88 Å². The monoisotopic (exact) mass is 540 g/mol. The number of carbonyl (C=O) groups is 1. The first-order chi connectivity index (χ1) is 18.6. The summed E-state index contributed by atoms with van der Waals surface area (Å²) in [6, 6.07) is 9.42. The molecule has 0 aliphatic carbocycles. The molecular formula is C27H27F3N6O3. The number of hydrogen-bond donors (Lipinski definition) is 1. The first-order valence-corrected chi connectivity index (χ1v) is 12.1. The van der Waals surface area contributed by atoms with Crippen LogP contribution < -0.4 is 4.74 Å². The van der Waals surface area contributed by atoms with E-state index in [1.807, 2.05) is 29.8 Å². The molecule has 204 valence electrons. The number of benzene rings is 1. The topological polar surface area (TPSA) is 108 Å². The zero-order valence-electron chi connectivity index (χ0n) is 21.6. The maximum absolute atomic E-state index is 13.6. The molecule has 0 bridgehead atoms. The van der Waals surface area contributed by atoms with Crippen LogP contribution in [-0.4, -0.2) is 47.5 Å². The molecule has 0 unspecified atom stereocenters. The minimum absolute atomic E-state index is 0.237. The Balaban J connectivity index is 0.000000826. The number of nitrogens with zero attached hydrogens (tertiary/aromatic N) is 6. The molecule has 4 heterocycles. The molecule has 1 N–H and O–H groups in total. The molecule has 9 nitrogen and oxygen atoms in total. The smallest absolute Gasteiger partial charge is 0.416 e. The van der Waals surface area contributed by atoms with Crippen LogP contribution in [0.5, 0.6) is 5.88 Å². The molecule has 12 heteroatoms. The third-order valence-electron chi connectivity index (χ3n) is 5.98. The third-order valence-corrected chi connectivity index (χ3v) is 5.98. The molecule has 0 saturated heterocycles. The molecule has 5 rings (SSSR count). The highest BCUT2D eigenvalue weighted by Gasteiger charge is 2.37. The number of aryl methyl sites for hydroxylation is 2. The van der Waals surface area contributed by atoms with Crippen LogP contribution in [0.2, 0.25) is 0 Å². The Bertz CT molecular complexity index is 1490. The van der Waals surface area contributed by atoms with Gasteiger partial charge >= 0.3 is 6.18 Å². The lowest BCUT2D eigenvalue weighted by Gasteiger charge is -2.25. The van der Waals surface area contributed by atoms with Gasteiger partial charge in [-0.2, -0.15) is 18.3 Å². The van der Waals surface area contributed by atoms with E-state index in [1.165, 1.54) is 12.1 Å². The Morgan fingerprint density at radius 3 is 2.56 bits per heavy atom. The van der Waals surface area contributed by atoms with Crippen molar-refractivity contribution in [1.29, 1.82) is 0 Å². The fraction of sp³-hybridized carbons (Fsp3) is 0.296. The van der Waals surface area contributed by atoms with E-state index in [4.69, 9.17) is 14.6 Å². The zero-order chi connectivity index (χ0) is 28.2. The van der Waals surface area contributed by atoms with Gasteiger partial charge in [0, 0.05) is 25.6 Å². The van der Waals surface area contributed by atoms with Crippen LogP contribution >= 0.6 is 0 Å². The fourth-order valence-corrected chi connectivity index (χ4v) is 4.39. The number of fused-ring (bicyclic) bond motifs is 1. The summed E-state index contributed by atoms with van der Waals surface area (Å²) >= 11 is 0. The van der Waals surface area contributed by atoms with Gasteiger partial charge in [-0.3, -0.25) is 4.79 Å². The van der Waals surface area contributed by atoms with E-state index >= 15 is 0 Å². The van der Waals surface area contributed by atoms with E-state index in [2.05, 4.69) is 20.1 Å². The number of aromatic nitrogens is 6. The lowest BCUT2D eigenvalue weighted by Crippen LogP contribution is -2.21. The average molecular weight is 541 g/mol. The Labute approximate surface area is 222 Å². The number of aliphatic carboxylic acids is 1. The molecule has 3 aromatic heterocycles. The predicted molar refractivity (Wildman–Crippen MR) is 137 cm³/mol. The summed E-state index contributed by atoms with van der Waals surface area (Å²) in [5.41, 5.74) is 1.88. The van der Waals surface area contributed by atoms with Gasteiger partial charge in [-0.25, -0.2) is 19.6 Å². The van der Waals surface area contributed by atoms with Crippen molar-refractivity contribution in [3.05, 3.63) is 83.1 Å². The van der Waals surface area contributed by atoms with E-state index in [-0.39, 0.29) is 5.56 Å². The van der Waals surface area contributed by atoms with Gasteiger partial charge in [-0.05, 0) is 55.7 Å². The summed E-state index contributed by atoms with van der Waals surface area (Å²) in [7, 11) is 1.55. The van der Waals surface area contributed by atoms with E-state index in [0.717, 1.165) is 30.8 Å². The molecule has 0 saturated carbocycles. The van der Waals surface area contributed by atoms with Gasteiger partial charge in [0.05, 0.1) is 30.4 Å². The van der Waals surface area contributed by atoms with Crippen LogP contribution in [0, 0.1) is 6.92 Å². The van der Waals surface area contributed by atoms with Crippen molar-refractivity contribution >= 4 is 18.1 Å². The molecule has 0 fully saturated rings. The highest BCUT2D eigenvalue weighted by atomic mass is 19.4. The normalized spacial score (nSPS) is 15.0. The number of halogens is 3. The summed E-state index contributed by atoms with van der Waals surface area (Å²) in [6.45, 7) is 3.60. The van der Waals surface area contributed by atoms with E-state index in [1.54, 1.807) is 36.3 Å². The van der Waals surface area contributed by atoms with Gasteiger partial charge in [0.15, 0.2) is 5.82 Å². The first kappa shape index (κ1) is 27.6. The van der Waals surface area contributed by atoms with Gasteiger partial charge < -0.3 is 14.4 Å². The number of hydrogen-bond acceptors (Lipinski definition) is 6. The molecule has 0 spiro atoms. The fourth-order valence-electron chi connectivity index (χ4n) is 4.39. The van der Waals surface area contributed by atoms with Gasteiger partial charge in [0.25, 0.3) is 5.97 Å². The van der Waals surface area contributed by atoms with Gasteiger partial charge in [-0.1, -0.05) is 18.2 Å². The highest BCUT2D eigenvalue weighted by molar-refractivity contribution is 5.66. The first-order valence-electron chi connectivity index (χ1n) is 12.1. The van der Waals surface area contributed by atoms with Gasteiger partial charge in [0.1, 0.15) is 11.5 Å². The second-order valence-electron chi connectivity index (χ2n) is 8.87. The second-order valence-corrected chi connectivity index (χ2v) is 8.87. The molecule has 1 aliphatic rings. The van der Waals surface area contributed by atoms with Crippen LogP contribution in [0.4, 0.5) is 13.2 Å². The van der Waals surface area contributed by atoms with Crippen molar-refractivity contribution in [2.75, 3.05) is 7.11 Å². The number of imidazole rings is 1. The second kappa shape index (κ2) is 11.5. The predicted octanol–water partition coefficient (Wildman–Crippen LogP) is 5.38. The standard InChI is InChI=1S/C25H23F3N6O.C2H4O2/c1-16-14-33(15-29-16)21-11-9-17(30-24(21)35-2)10-12-22-31-23-19(7-5-13-34(23)32-22)18-6-3-4-8-20(18)25(26,27)28;1-2(3)4/h3-4,6,8-12,14-15,19H,5,7,13H2,1-2H3;1H3,(H,3,4)/b12-10+;/t19-;/m0./s1. The molecule has 1 aliphatic heterocycles. The molecule has 1 atom stereocenters. The Morgan fingerprint density at radius 1 is 1.15 bits per heavy atom. The largest absolute Gasteiger partial charge is 0.481 e. The third kappa shape index (κ3) is 6.51. The van der Waals surface area contributed by atoms with Crippen LogP contribution in [-0.2, 0) is 17.5 Å². The summed E-state index contributed by atoms with van der Waals surface area (Å²) < 4.78 is 49.8. The molecular weight excluding hydrogens is 513 g/mol. The number of ether oxygens (including phenoxy) is 1. The molecule has 1 aromatic carbocycles. The van der Waals surface area contributed by atoms with Crippen LogP contribution in [0.3, 0.4) is 0 Å². The van der Waals surface area contributed by atoms with E-state index in [9.17, 15) is 13.2 Å². The maximum atomic E-state index is 13.6. The molecule has 0 radical (unpaired) electrons. The van der Waals surface area contributed by atoms with Crippen LogP contribution in [0.25, 0.3) is 17.8 Å². The molecule has 4 aromatic rings. The van der Waals surface area contributed by atoms with E-state index in [0.29, 0.717) is 36.2 Å². The summed E-state index contributed by atoms with van der Waals surface area (Å²) in [5, 5.41) is 11.9. The van der Waals surface area contributed by atoms with Gasteiger partial charge in [-0.15, -0.1) is 0 Å². The number of methoxy groups -OCH3 is 1. The molecule has 39 heavy (non-hydrogen) atoms. The number of carboxylic acids is 1. The number of carboxylic acid groups (broad SMARTS) is 1. The Morgan fingerprint density at radius 2 is 1.90 bits per heavy atom. The number of pyridine rings is 1. The number of rotatable bonds is 5. The van der Waals surface area contributed by atoms with Crippen molar-refractivity contribution < 1.29 is 27.8 Å². The summed E-state index contributed by atoms with van der Waals surface area (Å²) in [4.78, 5) is 22.3. The minimum Gasteiger partial charge on any atom is -0.481 e. The van der Waals surface area contributed by atoms with Crippen molar-refractivity contribution in [3.8, 4) is 11.6 Å². The lowest BCUT2D eigenvalue weighted by atomic mass is 9.88. The average Bonchev–Trinajstić information content (AvgIpc) is 3.52. The van der Waals surface area contributed by atoms with Crippen molar-refractivity contribution in [1.82, 2.24) is 29.3 Å². The lowest BCUT2D eigenvalue weighted by molar-refractivity contribution is -0.138. The van der Waals surface area contributed by atoms with Crippen molar-refractivity contribution in [2.24, 2.45) is 0 Å².